The largest absolute Gasteiger partial charge is 0.354 e. The highest BCUT2D eigenvalue weighted by atomic mass is 32.2. The lowest BCUT2D eigenvalue weighted by Gasteiger charge is -2.33. The van der Waals surface area contributed by atoms with E-state index in [1.807, 2.05) is 64.1 Å². The molecule has 0 aromatic heterocycles. The fourth-order valence-corrected chi connectivity index (χ4v) is 6.02. The molecule has 0 spiro atoms. The summed E-state index contributed by atoms with van der Waals surface area (Å²) in [5, 5.41) is 2.91. The van der Waals surface area contributed by atoms with Crippen molar-refractivity contribution in [1.82, 2.24) is 10.2 Å². The Labute approximate surface area is 232 Å². The molecule has 1 unspecified atom stereocenters. The molecule has 3 aromatic carbocycles. The summed E-state index contributed by atoms with van der Waals surface area (Å²) in [7, 11) is -4.06. The first-order valence-corrected chi connectivity index (χ1v) is 14.9. The number of nitrogens with one attached hydrogen (secondary N) is 1. The number of nitrogens with zero attached hydrogens (tertiary/aromatic N) is 2. The first kappa shape index (κ1) is 29.9. The van der Waals surface area contributed by atoms with Crippen LogP contribution in [0.5, 0.6) is 0 Å². The van der Waals surface area contributed by atoms with Gasteiger partial charge in [-0.3, -0.25) is 13.9 Å². The molecule has 2 amide bonds. The van der Waals surface area contributed by atoms with Gasteiger partial charge < -0.3 is 10.2 Å². The van der Waals surface area contributed by atoms with Gasteiger partial charge in [0, 0.05) is 13.1 Å². The SMILES string of the molecule is CCCNC(=O)C(CC)N(CCc1ccccc1)C(=O)CN(c1cc(C)cc(C)c1)S(=O)(=O)c1ccccc1. The van der Waals surface area contributed by atoms with Crippen molar-refractivity contribution in [3.05, 3.63) is 95.6 Å². The summed E-state index contributed by atoms with van der Waals surface area (Å²) in [4.78, 5) is 28.8. The lowest BCUT2D eigenvalue weighted by atomic mass is 10.1. The number of carbonyl (C=O) groups excluding carboxylic acids is 2. The molecule has 3 rings (SSSR count). The number of aryl methyl sites for hydroxylation is 2. The molecule has 7 nitrogen and oxygen atoms in total. The number of hydrogen-bond acceptors (Lipinski definition) is 4. The second kappa shape index (κ2) is 13.9. The zero-order valence-electron chi connectivity index (χ0n) is 23.3. The molecule has 39 heavy (non-hydrogen) atoms. The third-order valence-electron chi connectivity index (χ3n) is 6.52. The number of rotatable bonds is 13. The summed E-state index contributed by atoms with van der Waals surface area (Å²) in [6, 6.07) is 22.6. The van der Waals surface area contributed by atoms with Gasteiger partial charge in [0.25, 0.3) is 10.0 Å². The Kier molecular flexibility index (Phi) is 10.7. The fraction of sp³-hybridized carbons (Fsp3) is 0.355. The van der Waals surface area contributed by atoms with Gasteiger partial charge in [0.2, 0.25) is 11.8 Å². The van der Waals surface area contributed by atoms with E-state index in [-0.39, 0.29) is 17.3 Å². The Balaban J connectivity index is 2.02. The minimum absolute atomic E-state index is 0.0977. The molecule has 0 aliphatic carbocycles. The number of benzene rings is 3. The van der Waals surface area contributed by atoms with E-state index in [9.17, 15) is 18.0 Å². The molecule has 0 radical (unpaired) electrons. The Hall–Kier alpha value is -3.65. The molecule has 0 saturated heterocycles. The van der Waals surface area contributed by atoms with Crippen LogP contribution in [0.4, 0.5) is 5.69 Å². The maximum absolute atomic E-state index is 14.0. The summed E-state index contributed by atoms with van der Waals surface area (Å²) in [5.41, 5.74) is 3.22. The third-order valence-corrected chi connectivity index (χ3v) is 8.31. The molecule has 1 atom stereocenters. The summed E-state index contributed by atoms with van der Waals surface area (Å²) in [5.74, 6) is -0.660. The van der Waals surface area contributed by atoms with Crippen LogP contribution in [0.3, 0.4) is 0 Å². The van der Waals surface area contributed by atoms with Gasteiger partial charge in [0.15, 0.2) is 0 Å². The molecule has 8 heteroatoms. The van der Waals surface area contributed by atoms with E-state index in [2.05, 4.69) is 5.32 Å². The fourth-order valence-electron chi connectivity index (χ4n) is 4.60. The first-order chi connectivity index (χ1) is 18.7. The summed E-state index contributed by atoms with van der Waals surface area (Å²) in [6.45, 7) is 7.98. The number of carbonyl (C=O) groups is 2. The van der Waals surface area contributed by atoms with E-state index < -0.39 is 28.5 Å². The van der Waals surface area contributed by atoms with Crippen molar-refractivity contribution in [2.45, 2.75) is 57.9 Å². The highest BCUT2D eigenvalue weighted by Gasteiger charge is 2.33. The number of sulfonamides is 1. The van der Waals surface area contributed by atoms with Gasteiger partial charge in [0.1, 0.15) is 12.6 Å². The third kappa shape index (κ3) is 7.93. The van der Waals surface area contributed by atoms with Crippen LogP contribution in [-0.4, -0.2) is 50.8 Å². The Morgan fingerprint density at radius 3 is 2.03 bits per heavy atom. The smallest absolute Gasteiger partial charge is 0.264 e. The molecule has 0 bridgehead atoms. The zero-order valence-corrected chi connectivity index (χ0v) is 24.1. The molecule has 1 N–H and O–H groups in total. The maximum atomic E-state index is 14.0. The van der Waals surface area contributed by atoms with Crippen LogP contribution in [0.2, 0.25) is 0 Å². The molecule has 0 aliphatic heterocycles. The molecule has 0 aliphatic rings. The molecule has 0 saturated carbocycles. The van der Waals surface area contributed by atoms with Crippen LogP contribution in [0.15, 0.2) is 83.8 Å². The standard InChI is InChI=1S/C31H39N3O4S/c1-5-18-32-31(36)29(6-2)33(19-17-26-13-9-7-10-14-26)30(35)23-34(27-21-24(3)20-25(4)22-27)39(37,38)28-15-11-8-12-16-28/h7-16,20-22,29H,5-6,17-19,23H2,1-4H3,(H,32,36). The summed E-state index contributed by atoms with van der Waals surface area (Å²) >= 11 is 0. The van der Waals surface area contributed by atoms with E-state index in [4.69, 9.17) is 0 Å². The van der Waals surface area contributed by atoms with Crippen LogP contribution in [0.25, 0.3) is 0 Å². The monoisotopic (exact) mass is 549 g/mol. The number of hydrogen-bond donors (Lipinski definition) is 1. The molecular formula is C31H39N3O4S. The van der Waals surface area contributed by atoms with E-state index in [1.54, 1.807) is 30.3 Å². The van der Waals surface area contributed by atoms with E-state index in [0.29, 0.717) is 25.1 Å². The zero-order chi connectivity index (χ0) is 28.4. The normalized spacial score (nSPS) is 12.0. The lowest BCUT2D eigenvalue weighted by Crippen LogP contribution is -2.53. The van der Waals surface area contributed by atoms with Gasteiger partial charge in [-0.15, -0.1) is 0 Å². The van der Waals surface area contributed by atoms with Gasteiger partial charge in [-0.25, -0.2) is 8.42 Å². The maximum Gasteiger partial charge on any atom is 0.264 e. The predicted octanol–water partition coefficient (Wildman–Crippen LogP) is 4.87. The van der Waals surface area contributed by atoms with Crippen LogP contribution in [0.1, 0.15) is 43.4 Å². The van der Waals surface area contributed by atoms with Gasteiger partial charge in [0.05, 0.1) is 10.6 Å². The highest BCUT2D eigenvalue weighted by Crippen LogP contribution is 2.26. The average molecular weight is 550 g/mol. The molecule has 0 fully saturated rings. The number of amides is 2. The van der Waals surface area contributed by atoms with Crippen LogP contribution in [-0.2, 0) is 26.0 Å². The first-order valence-electron chi connectivity index (χ1n) is 13.4. The summed E-state index contributed by atoms with van der Waals surface area (Å²) < 4.78 is 28.9. The van der Waals surface area contributed by atoms with Crippen molar-refractivity contribution < 1.29 is 18.0 Å². The lowest BCUT2D eigenvalue weighted by molar-refractivity contribution is -0.139. The van der Waals surface area contributed by atoms with E-state index in [0.717, 1.165) is 27.4 Å². The molecule has 3 aromatic rings. The van der Waals surface area contributed by atoms with Gasteiger partial charge in [-0.05, 0) is 74.1 Å². The van der Waals surface area contributed by atoms with Gasteiger partial charge in [-0.1, -0.05) is 68.4 Å². The van der Waals surface area contributed by atoms with Crippen molar-refractivity contribution in [3.8, 4) is 0 Å². The van der Waals surface area contributed by atoms with Gasteiger partial charge in [-0.2, -0.15) is 0 Å². The second-order valence-corrected chi connectivity index (χ2v) is 11.6. The quantitative estimate of drug-likeness (QED) is 0.329. The van der Waals surface area contributed by atoms with Crippen molar-refractivity contribution in [3.63, 3.8) is 0 Å². The second-order valence-electron chi connectivity index (χ2n) is 9.71. The van der Waals surface area contributed by atoms with Crippen molar-refractivity contribution >= 4 is 27.5 Å². The average Bonchev–Trinajstić information content (AvgIpc) is 2.92. The van der Waals surface area contributed by atoms with Crippen LogP contribution >= 0.6 is 0 Å². The van der Waals surface area contributed by atoms with E-state index in [1.165, 1.54) is 17.0 Å². The highest BCUT2D eigenvalue weighted by molar-refractivity contribution is 7.92. The minimum atomic E-state index is -4.06. The molecular weight excluding hydrogens is 510 g/mol. The molecule has 208 valence electrons. The van der Waals surface area contributed by atoms with Crippen LogP contribution in [0, 0.1) is 13.8 Å². The predicted molar refractivity (Wildman–Crippen MR) is 156 cm³/mol. The van der Waals surface area contributed by atoms with Gasteiger partial charge >= 0.3 is 0 Å². The van der Waals surface area contributed by atoms with Crippen molar-refractivity contribution in [2.24, 2.45) is 0 Å². The summed E-state index contributed by atoms with van der Waals surface area (Å²) in [6.07, 6.45) is 1.72. The van der Waals surface area contributed by atoms with E-state index >= 15 is 0 Å². The van der Waals surface area contributed by atoms with Crippen molar-refractivity contribution in [1.29, 1.82) is 0 Å². The Bertz CT molecular complexity index is 1320. The minimum Gasteiger partial charge on any atom is -0.354 e. The molecule has 0 heterocycles. The Morgan fingerprint density at radius 1 is 0.872 bits per heavy atom. The Morgan fingerprint density at radius 2 is 1.46 bits per heavy atom. The van der Waals surface area contributed by atoms with Crippen LogP contribution < -0.4 is 9.62 Å². The number of anilines is 1. The topological polar surface area (TPSA) is 86.8 Å². The van der Waals surface area contributed by atoms with Crippen molar-refractivity contribution in [2.75, 3.05) is 23.9 Å².